The number of piperidine rings is 1. The quantitative estimate of drug-likeness (QED) is 0.608. The van der Waals surface area contributed by atoms with Gasteiger partial charge in [0.15, 0.2) is 0 Å². The molecular weight excluding hydrogens is 452 g/mol. The van der Waals surface area contributed by atoms with E-state index in [0.717, 1.165) is 41.7 Å². The molecule has 7 nitrogen and oxygen atoms in total. The van der Waals surface area contributed by atoms with Crippen LogP contribution in [0, 0.1) is 5.92 Å². The monoisotopic (exact) mass is 486 g/mol. The molecule has 2 heterocycles. The van der Waals surface area contributed by atoms with Crippen LogP contribution in [0.1, 0.15) is 37.8 Å². The van der Waals surface area contributed by atoms with E-state index in [-0.39, 0.29) is 12.2 Å². The maximum atomic E-state index is 12.1. The van der Waals surface area contributed by atoms with Crippen molar-refractivity contribution in [2.75, 3.05) is 32.5 Å². The van der Waals surface area contributed by atoms with Gasteiger partial charge >= 0.3 is 6.09 Å². The smallest absolute Gasteiger partial charge is 0.410 e. The van der Waals surface area contributed by atoms with E-state index >= 15 is 0 Å². The molecule has 1 fully saturated rings. The minimum Gasteiger partial charge on any atom is -0.493 e. The van der Waals surface area contributed by atoms with Gasteiger partial charge in [-0.05, 0) is 73.4 Å². The fourth-order valence-electron chi connectivity index (χ4n) is 4.53. The minimum absolute atomic E-state index is 0.0990. The lowest BCUT2D eigenvalue weighted by Gasteiger charge is -2.31. The van der Waals surface area contributed by atoms with Gasteiger partial charge in [-0.2, -0.15) is 4.31 Å². The molecule has 2 aliphatic heterocycles. The Balaban J connectivity index is 1.34. The highest BCUT2D eigenvalue weighted by atomic mass is 32.2. The van der Waals surface area contributed by atoms with Gasteiger partial charge in [-0.1, -0.05) is 30.3 Å². The number of likely N-dealkylation sites (tertiary alicyclic amines) is 1. The predicted molar refractivity (Wildman–Crippen MR) is 132 cm³/mol. The summed E-state index contributed by atoms with van der Waals surface area (Å²) in [7, 11) is -3.17. The van der Waals surface area contributed by atoms with Gasteiger partial charge in [0.05, 0.1) is 19.0 Å². The van der Waals surface area contributed by atoms with Crippen molar-refractivity contribution < 1.29 is 22.7 Å². The van der Waals surface area contributed by atoms with Crippen LogP contribution in [-0.2, 0) is 27.7 Å². The van der Waals surface area contributed by atoms with Gasteiger partial charge < -0.3 is 14.4 Å². The Labute approximate surface area is 202 Å². The number of hydrogen-bond donors (Lipinski definition) is 0. The highest BCUT2D eigenvalue weighted by molar-refractivity contribution is 7.88. The van der Waals surface area contributed by atoms with Crippen LogP contribution < -0.4 is 4.74 Å². The second kappa shape index (κ2) is 10.4. The zero-order valence-corrected chi connectivity index (χ0v) is 21.0. The number of benzene rings is 2. The number of ether oxygens (including phenoxy) is 2. The Bertz CT molecular complexity index is 1120. The van der Waals surface area contributed by atoms with Crippen LogP contribution in [0.5, 0.6) is 5.75 Å². The maximum absolute atomic E-state index is 12.1. The van der Waals surface area contributed by atoms with E-state index in [1.807, 2.05) is 32.0 Å². The first kappa shape index (κ1) is 24.5. The summed E-state index contributed by atoms with van der Waals surface area (Å²) in [5.41, 5.74) is 4.45. The van der Waals surface area contributed by atoms with Gasteiger partial charge in [-0.25, -0.2) is 13.2 Å². The molecule has 8 heteroatoms. The summed E-state index contributed by atoms with van der Waals surface area (Å²) >= 11 is 0. The molecule has 34 heavy (non-hydrogen) atoms. The lowest BCUT2D eigenvalue weighted by atomic mass is 9.95. The highest BCUT2D eigenvalue weighted by Crippen LogP contribution is 2.29. The van der Waals surface area contributed by atoms with E-state index in [1.165, 1.54) is 16.1 Å². The number of fused-ring (bicyclic) bond motifs is 1. The number of carbonyl (C=O) groups is 1. The highest BCUT2D eigenvalue weighted by Gasteiger charge is 2.25. The predicted octanol–water partition coefficient (Wildman–Crippen LogP) is 4.31. The third-order valence-corrected chi connectivity index (χ3v) is 7.76. The van der Waals surface area contributed by atoms with Gasteiger partial charge in [0.25, 0.3) is 0 Å². The molecule has 0 spiro atoms. The van der Waals surface area contributed by atoms with Gasteiger partial charge in [-0.15, -0.1) is 0 Å². The zero-order chi connectivity index (χ0) is 24.3. The molecular formula is C26H34N2O5S. The van der Waals surface area contributed by atoms with Crippen LogP contribution in [0.3, 0.4) is 0 Å². The molecule has 2 aromatic carbocycles. The van der Waals surface area contributed by atoms with Crippen LogP contribution in [0.25, 0.3) is 11.1 Å². The van der Waals surface area contributed by atoms with E-state index in [0.29, 0.717) is 38.7 Å². The van der Waals surface area contributed by atoms with Crippen molar-refractivity contribution in [1.82, 2.24) is 9.21 Å². The molecule has 4 rings (SSSR count). The molecule has 0 aromatic heterocycles. The first-order valence-electron chi connectivity index (χ1n) is 11.9. The molecule has 184 valence electrons. The van der Waals surface area contributed by atoms with E-state index in [1.54, 1.807) is 4.90 Å². The number of sulfonamides is 1. The molecule has 0 radical (unpaired) electrons. The average molecular weight is 487 g/mol. The molecule has 1 amide bonds. The number of nitrogens with zero attached hydrogens (tertiary/aromatic N) is 2. The van der Waals surface area contributed by atoms with Crippen LogP contribution in [0.15, 0.2) is 42.5 Å². The lowest BCUT2D eigenvalue weighted by Crippen LogP contribution is -2.40. The third-order valence-electron chi connectivity index (χ3n) is 6.51. The third kappa shape index (κ3) is 6.10. The van der Waals surface area contributed by atoms with E-state index in [2.05, 4.69) is 24.3 Å². The van der Waals surface area contributed by atoms with Crippen LogP contribution in [-0.4, -0.2) is 62.3 Å². The van der Waals surface area contributed by atoms with E-state index in [9.17, 15) is 13.2 Å². The Morgan fingerprint density at radius 3 is 2.47 bits per heavy atom. The van der Waals surface area contributed by atoms with Crippen molar-refractivity contribution in [3.63, 3.8) is 0 Å². The van der Waals surface area contributed by atoms with Gasteiger partial charge in [0.1, 0.15) is 5.75 Å². The number of rotatable bonds is 6. The Hall–Kier alpha value is -2.58. The van der Waals surface area contributed by atoms with Crippen molar-refractivity contribution in [1.29, 1.82) is 0 Å². The van der Waals surface area contributed by atoms with Crippen LogP contribution in [0.4, 0.5) is 4.79 Å². The molecule has 1 saturated heterocycles. The normalized spacial score (nSPS) is 17.5. The van der Waals surface area contributed by atoms with E-state index in [4.69, 9.17) is 9.47 Å². The summed E-state index contributed by atoms with van der Waals surface area (Å²) in [6, 6.07) is 14.4. The summed E-state index contributed by atoms with van der Waals surface area (Å²) in [5.74, 6) is 1.24. The van der Waals surface area contributed by atoms with Gasteiger partial charge in [-0.3, -0.25) is 0 Å². The first-order valence-corrected chi connectivity index (χ1v) is 13.8. The largest absolute Gasteiger partial charge is 0.493 e. The van der Waals surface area contributed by atoms with Crippen molar-refractivity contribution in [2.24, 2.45) is 5.92 Å². The van der Waals surface area contributed by atoms with E-state index < -0.39 is 10.0 Å². The van der Waals surface area contributed by atoms with Crippen molar-refractivity contribution in [3.05, 3.63) is 53.6 Å². The number of hydrogen-bond acceptors (Lipinski definition) is 5. The fourth-order valence-corrected chi connectivity index (χ4v) is 5.32. The summed E-state index contributed by atoms with van der Waals surface area (Å²) in [6.07, 6.45) is 3.47. The summed E-state index contributed by atoms with van der Waals surface area (Å²) < 4.78 is 36.7. The summed E-state index contributed by atoms with van der Waals surface area (Å²) in [4.78, 5) is 13.8. The zero-order valence-electron chi connectivity index (χ0n) is 20.2. The second-order valence-electron chi connectivity index (χ2n) is 9.53. The second-order valence-corrected chi connectivity index (χ2v) is 11.5. The Morgan fingerprint density at radius 1 is 1.03 bits per heavy atom. The number of carbonyl (C=O) groups excluding carboxylic acids is 1. The molecule has 2 aliphatic rings. The standard InChI is InChI=1S/C26H34N2O5S/c1-19(2)33-26(29)27-12-9-20(10-13-27)18-32-25-6-4-5-21(16-25)22-7-8-24-17-28(34(3,30)31)14-11-23(24)15-22/h4-8,15-16,19-20H,9-14,17-18H2,1-3H3. The Morgan fingerprint density at radius 2 is 1.76 bits per heavy atom. The molecule has 0 atom stereocenters. The van der Waals surface area contributed by atoms with Crippen LogP contribution in [0.2, 0.25) is 0 Å². The molecule has 2 aromatic rings. The van der Waals surface area contributed by atoms with Gasteiger partial charge in [0.2, 0.25) is 10.0 Å². The topological polar surface area (TPSA) is 76.2 Å². The first-order chi connectivity index (χ1) is 16.2. The minimum atomic E-state index is -3.17. The molecule has 0 aliphatic carbocycles. The van der Waals surface area contributed by atoms with Crippen molar-refractivity contribution in [3.8, 4) is 16.9 Å². The number of amides is 1. The Kier molecular flexibility index (Phi) is 7.48. The average Bonchev–Trinajstić information content (AvgIpc) is 2.81. The summed E-state index contributed by atoms with van der Waals surface area (Å²) in [5, 5.41) is 0. The fraction of sp³-hybridized carbons (Fsp3) is 0.500. The molecule has 0 bridgehead atoms. The molecule has 0 saturated carbocycles. The SMILES string of the molecule is CC(C)OC(=O)N1CCC(COc2cccc(-c3ccc4c(c3)CCN(S(C)(=O)=O)C4)c2)CC1. The van der Waals surface area contributed by atoms with Crippen LogP contribution >= 0.6 is 0 Å². The molecule has 0 N–H and O–H groups in total. The van der Waals surface area contributed by atoms with Gasteiger partial charge in [0, 0.05) is 26.2 Å². The van der Waals surface area contributed by atoms with Crippen molar-refractivity contribution in [2.45, 2.75) is 45.8 Å². The lowest BCUT2D eigenvalue weighted by molar-refractivity contribution is 0.0608. The maximum Gasteiger partial charge on any atom is 0.410 e. The van der Waals surface area contributed by atoms with Crippen molar-refractivity contribution >= 4 is 16.1 Å². The summed E-state index contributed by atoms with van der Waals surface area (Å²) in [6.45, 7) is 6.71. The molecule has 0 unspecified atom stereocenters.